The standard InChI is InChI=1S/C24H27N3O5S/c1-16(2)23(17-6-4-3-5-7-17)26-24(29)20-15-22(28)25-21-9-8-18(14-19(20)21)33(30,31)27-10-12-32-13-11-27/h3-9,14-16,23H,10-13H2,1-2H3,(H,25,28)(H,26,29)/t23-/m1/s1. The third-order valence-corrected chi connectivity index (χ3v) is 7.67. The van der Waals surface area contributed by atoms with E-state index in [0.29, 0.717) is 24.1 Å². The van der Waals surface area contributed by atoms with Gasteiger partial charge < -0.3 is 15.0 Å². The molecule has 1 fully saturated rings. The average Bonchev–Trinajstić information content (AvgIpc) is 2.82. The fourth-order valence-corrected chi connectivity index (χ4v) is 5.47. The van der Waals surface area contributed by atoms with Crippen molar-refractivity contribution in [2.24, 2.45) is 5.92 Å². The van der Waals surface area contributed by atoms with E-state index in [2.05, 4.69) is 10.3 Å². The predicted molar refractivity (Wildman–Crippen MR) is 126 cm³/mol. The Labute approximate surface area is 192 Å². The second-order valence-corrected chi connectivity index (χ2v) is 10.3. The molecule has 33 heavy (non-hydrogen) atoms. The molecule has 1 aromatic heterocycles. The molecule has 1 saturated heterocycles. The highest BCUT2D eigenvalue weighted by Gasteiger charge is 2.27. The Morgan fingerprint density at radius 3 is 2.42 bits per heavy atom. The molecule has 1 atom stereocenters. The molecule has 174 valence electrons. The van der Waals surface area contributed by atoms with Gasteiger partial charge in [-0.1, -0.05) is 44.2 Å². The van der Waals surface area contributed by atoms with Gasteiger partial charge >= 0.3 is 0 Å². The molecule has 0 aliphatic carbocycles. The number of carbonyl (C=O) groups is 1. The van der Waals surface area contributed by atoms with E-state index < -0.39 is 21.5 Å². The summed E-state index contributed by atoms with van der Waals surface area (Å²) in [5, 5.41) is 3.39. The van der Waals surface area contributed by atoms with Crippen molar-refractivity contribution in [2.45, 2.75) is 24.8 Å². The van der Waals surface area contributed by atoms with E-state index in [4.69, 9.17) is 4.74 Å². The van der Waals surface area contributed by atoms with Crippen molar-refractivity contribution >= 4 is 26.8 Å². The Morgan fingerprint density at radius 2 is 1.76 bits per heavy atom. The molecule has 4 rings (SSSR count). The molecule has 0 bridgehead atoms. The molecule has 2 heterocycles. The smallest absolute Gasteiger partial charge is 0.252 e. The highest BCUT2D eigenvalue weighted by Crippen LogP contribution is 2.26. The number of aromatic nitrogens is 1. The van der Waals surface area contributed by atoms with Crippen molar-refractivity contribution in [3.63, 3.8) is 0 Å². The fraction of sp³-hybridized carbons (Fsp3) is 0.333. The summed E-state index contributed by atoms with van der Waals surface area (Å²) in [5.74, 6) is -0.337. The topological polar surface area (TPSA) is 109 Å². The Kier molecular flexibility index (Phi) is 6.64. The quantitative estimate of drug-likeness (QED) is 0.577. The third kappa shape index (κ3) is 4.85. The van der Waals surface area contributed by atoms with Gasteiger partial charge in [-0.05, 0) is 29.7 Å². The number of nitrogens with zero attached hydrogens (tertiary/aromatic N) is 1. The van der Waals surface area contributed by atoms with E-state index in [-0.39, 0.29) is 35.5 Å². The lowest BCUT2D eigenvalue weighted by molar-refractivity contribution is 0.0730. The fourth-order valence-electron chi connectivity index (χ4n) is 4.03. The number of hydrogen-bond acceptors (Lipinski definition) is 5. The zero-order valence-corrected chi connectivity index (χ0v) is 19.4. The molecular weight excluding hydrogens is 442 g/mol. The van der Waals surface area contributed by atoms with Crippen LogP contribution in [-0.4, -0.2) is 49.9 Å². The first-order valence-corrected chi connectivity index (χ1v) is 12.3. The summed E-state index contributed by atoms with van der Waals surface area (Å²) in [7, 11) is -3.76. The van der Waals surface area contributed by atoms with Crippen LogP contribution < -0.4 is 10.9 Å². The van der Waals surface area contributed by atoms with E-state index in [9.17, 15) is 18.0 Å². The van der Waals surface area contributed by atoms with Gasteiger partial charge in [0.2, 0.25) is 15.6 Å². The van der Waals surface area contributed by atoms with Gasteiger partial charge in [0.05, 0.1) is 29.7 Å². The van der Waals surface area contributed by atoms with Crippen molar-refractivity contribution in [3.8, 4) is 0 Å². The van der Waals surface area contributed by atoms with Gasteiger partial charge in [-0.25, -0.2) is 8.42 Å². The monoisotopic (exact) mass is 469 g/mol. The zero-order valence-electron chi connectivity index (χ0n) is 18.6. The minimum atomic E-state index is -3.76. The molecular formula is C24H27N3O5S. The summed E-state index contributed by atoms with van der Waals surface area (Å²) in [5.41, 5.74) is 1.05. The number of fused-ring (bicyclic) bond motifs is 1. The zero-order chi connectivity index (χ0) is 23.6. The van der Waals surface area contributed by atoms with Crippen LogP contribution in [0.4, 0.5) is 0 Å². The van der Waals surface area contributed by atoms with Crippen LogP contribution in [0, 0.1) is 5.92 Å². The third-order valence-electron chi connectivity index (χ3n) is 5.78. The average molecular weight is 470 g/mol. The number of nitrogens with one attached hydrogen (secondary N) is 2. The van der Waals surface area contributed by atoms with E-state index in [1.165, 1.54) is 28.6 Å². The number of hydrogen-bond donors (Lipinski definition) is 2. The number of aromatic amines is 1. The van der Waals surface area contributed by atoms with Crippen LogP contribution in [0.15, 0.2) is 64.3 Å². The molecule has 1 aliphatic rings. The second kappa shape index (κ2) is 9.46. The largest absolute Gasteiger partial charge is 0.379 e. The molecule has 1 amide bonds. The van der Waals surface area contributed by atoms with Crippen LogP contribution in [0.3, 0.4) is 0 Å². The molecule has 0 unspecified atom stereocenters. The lowest BCUT2D eigenvalue weighted by atomic mass is 9.95. The molecule has 2 N–H and O–H groups in total. The van der Waals surface area contributed by atoms with Gasteiger partial charge in [-0.15, -0.1) is 0 Å². The molecule has 0 radical (unpaired) electrons. The summed E-state index contributed by atoms with van der Waals surface area (Å²) < 4.78 is 32.9. The number of carbonyl (C=O) groups excluding carboxylic acids is 1. The minimum Gasteiger partial charge on any atom is -0.379 e. The number of benzene rings is 2. The maximum Gasteiger partial charge on any atom is 0.252 e. The van der Waals surface area contributed by atoms with Gasteiger partial charge in [0.15, 0.2) is 0 Å². The maximum atomic E-state index is 13.3. The summed E-state index contributed by atoms with van der Waals surface area (Å²) in [6.45, 7) is 5.22. The minimum absolute atomic E-state index is 0.0708. The van der Waals surface area contributed by atoms with Crippen LogP contribution in [0.2, 0.25) is 0 Å². The van der Waals surface area contributed by atoms with E-state index in [0.717, 1.165) is 5.56 Å². The Hall–Kier alpha value is -3.01. The summed E-state index contributed by atoms with van der Waals surface area (Å²) in [6, 6.07) is 15.0. The summed E-state index contributed by atoms with van der Waals surface area (Å²) in [6.07, 6.45) is 0. The van der Waals surface area contributed by atoms with E-state index >= 15 is 0 Å². The molecule has 2 aromatic carbocycles. The van der Waals surface area contributed by atoms with Crippen LogP contribution in [-0.2, 0) is 14.8 Å². The first-order chi connectivity index (χ1) is 15.8. The SMILES string of the molecule is CC(C)[C@@H](NC(=O)c1cc(=O)[nH]c2ccc(S(=O)(=O)N3CCOCC3)cc12)c1ccccc1. The lowest BCUT2D eigenvalue weighted by Crippen LogP contribution is -2.40. The van der Waals surface area contributed by atoms with Gasteiger partial charge in [0.1, 0.15) is 0 Å². The highest BCUT2D eigenvalue weighted by atomic mass is 32.2. The molecule has 9 heteroatoms. The molecule has 3 aromatic rings. The van der Waals surface area contributed by atoms with Gasteiger partial charge in [-0.3, -0.25) is 9.59 Å². The number of amides is 1. The van der Waals surface area contributed by atoms with Crippen LogP contribution in [0.1, 0.15) is 35.8 Å². The Bertz CT molecular complexity index is 1310. The highest BCUT2D eigenvalue weighted by molar-refractivity contribution is 7.89. The van der Waals surface area contributed by atoms with Crippen molar-refractivity contribution in [2.75, 3.05) is 26.3 Å². The van der Waals surface area contributed by atoms with Crippen molar-refractivity contribution < 1.29 is 17.9 Å². The Balaban J connectivity index is 1.74. The number of ether oxygens (including phenoxy) is 1. The Morgan fingerprint density at radius 1 is 1.06 bits per heavy atom. The molecule has 0 saturated carbocycles. The maximum absolute atomic E-state index is 13.3. The normalized spacial score (nSPS) is 16.1. The number of H-pyrrole nitrogens is 1. The molecule has 1 aliphatic heterocycles. The van der Waals surface area contributed by atoms with E-state index in [1.54, 1.807) is 0 Å². The number of sulfonamides is 1. The van der Waals surface area contributed by atoms with Gasteiger partial charge in [0, 0.05) is 30.1 Å². The number of pyridine rings is 1. The van der Waals surface area contributed by atoms with Crippen molar-refractivity contribution in [1.82, 2.24) is 14.6 Å². The first-order valence-electron chi connectivity index (χ1n) is 10.9. The summed E-state index contributed by atoms with van der Waals surface area (Å²) in [4.78, 5) is 28.3. The first kappa shape index (κ1) is 23.2. The van der Waals surface area contributed by atoms with Gasteiger partial charge in [0.25, 0.3) is 5.91 Å². The number of morpholine rings is 1. The van der Waals surface area contributed by atoms with Crippen molar-refractivity contribution in [3.05, 3.63) is 76.1 Å². The van der Waals surface area contributed by atoms with Crippen LogP contribution in [0.25, 0.3) is 10.9 Å². The van der Waals surface area contributed by atoms with Gasteiger partial charge in [-0.2, -0.15) is 4.31 Å². The number of rotatable bonds is 6. The molecule has 8 nitrogen and oxygen atoms in total. The second-order valence-electron chi connectivity index (χ2n) is 8.38. The molecule has 0 spiro atoms. The van der Waals surface area contributed by atoms with Crippen LogP contribution in [0.5, 0.6) is 0 Å². The van der Waals surface area contributed by atoms with Crippen molar-refractivity contribution in [1.29, 1.82) is 0 Å². The van der Waals surface area contributed by atoms with Crippen LogP contribution >= 0.6 is 0 Å². The van der Waals surface area contributed by atoms with E-state index in [1.807, 2.05) is 44.2 Å². The predicted octanol–water partition coefficient (Wildman–Crippen LogP) is 2.68. The summed E-state index contributed by atoms with van der Waals surface area (Å²) >= 11 is 0. The lowest BCUT2D eigenvalue weighted by Gasteiger charge is -2.26.